The predicted octanol–water partition coefficient (Wildman–Crippen LogP) is 4.71. The van der Waals surface area contributed by atoms with Gasteiger partial charge < -0.3 is 0 Å². The van der Waals surface area contributed by atoms with Crippen molar-refractivity contribution < 1.29 is 0 Å². The average Bonchev–Trinajstić information content (AvgIpc) is 1.81. The van der Waals surface area contributed by atoms with E-state index in [1.165, 1.54) is 6.42 Å². The Morgan fingerprint density at radius 1 is 1.00 bits per heavy atom. The van der Waals surface area contributed by atoms with Gasteiger partial charge in [0.1, 0.15) is 0 Å². The van der Waals surface area contributed by atoms with Gasteiger partial charge >= 0.3 is 0 Å². The standard InChI is InChI=1S/C12H25Cl/c1-9(2)7-11(5)12(6,13)8-10(3)4/h9-11H,7-8H2,1-6H3. The molecule has 2 unspecified atom stereocenters. The Hall–Kier alpha value is 0.290. The molecule has 0 bridgehead atoms. The molecule has 0 aliphatic carbocycles. The molecular weight excluding hydrogens is 180 g/mol. The van der Waals surface area contributed by atoms with Crippen molar-refractivity contribution in [3.8, 4) is 0 Å². The van der Waals surface area contributed by atoms with E-state index in [1.54, 1.807) is 0 Å². The first-order valence-corrected chi connectivity index (χ1v) is 5.82. The summed E-state index contributed by atoms with van der Waals surface area (Å²) in [5.74, 6) is 2.05. The van der Waals surface area contributed by atoms with Gasteiger partial charge in [0.05, 0.1) is 0 Å². The van der Waals surface area contributed by atoms with E-state index in [0.717, 1.165) is 12.3 Å². The second-order valence-electron chi connectivity index (χ2n) is 5.41. The van der Waals surface area contributed by atoms with Crippen molar-refractivity contribution >= 4 is 11.6 Å². The van der Waals surface area contributed by atoms with Gasteiger partial charge in [-0.05, 0) is 37.5 Å². The lowest BCUT2D eigenvalue weighted by Gasteiger charge is -2.32. The minimum atomic E-state index is -0.0154. The van der Waals surface area contributed by atoms with Crippen molar-refractivity contribution in [3.63, 3.8) is 0 Å². The normalized spacial score (nSPS) is 19.2. The molecule has 80 valence electrons. The van der Waals surface area contributed by atoms with Crippen LogP contribution in [0, 0.1) is 17.8 Å². The topological polar surface area (TPSA) is 0 Å². The summed E-state index contributed by atoms with van der Waals surface area (Å²) in [6.45, 7) is 13.5. The smallest absolute Gasteiger partial charge is 0.0446 e. The van der Waals surface area contributed by atoms with E-state index < -0.39 is 0 Å². The lowest BCUT2D eigenvalue weighted by atomic mass is 9.82. The Kier molecular flexibility index (Phi) is 5.36. The molecule has 0 aromatic rings. The molecule has 0 heterocycles. The number of halogens is 1. The summed E-state index contributed by atoms with van der Waals surface area (Å²) >= 11 is 6.53. The first-order chi connectivity index (χ1) is 5.75. The molecule has 0 aromatic heterocycles. The van der Waals surface area contributed by atoms with E-state index >= 15 is 0 Å². The molecule has 2 atom stereocenters. The zero-order chi connectivity index (χ0) is 10.6. The van der Waals surface area contributed by atoms with Crippen LogP contribution in [0.2, 0.25) is 0 Å². The fourth-order valence-corrected chi connectivity index (χ4v) is 2.35. The van der Waals surface area contributed by atoms with E-state index in [1.807, 2.05) is 0 Å². The van der Waals surface area contributed by atoms with Gasteiger partial charge in [0.25, 0.3) is 0 Å². The highest BCUT2D eigenvalue weighted by atomic mass is 35.5. The quantitative estimate of drug-likeness (QED) is 0.569. The van der Waals surface area contributed by atoms with Crippen molar-refractivity contribution in [1.29, 1.82) is 0 Å². The zero-order valence-corrected chi connectivity index (χ0v) is 10.8. The molecule has 0 radical (unpaired) electrons. The lowest BCUT2D eigenvalue weighted by molar-refractivity contribution is 0.308. The summed E-state index contributed by atoms with van der Waals surface area (Å²) in [4.78, 5) is -0.0154. The second kappa shape index (κ2) is 5.24. The maximum Gasteiger partial charge on any atom is 0.0446 e. The molecule has 0 saturated carbocycles. The van der Waals surface area contributed by atoms with Crippen LogP contribution in [0.25, 0.3) is 0 Å². The van der Waals surface area contributed by atoms with Crippen LogP contribution < -0.4 is 0 Å². The first-order valence-electron chi connectivity index (χ1n) is 5.44. The second-order valence-corrected chi connectivity index (χ2v) is 6.27. The number of alkyl halides is 1. The van der Waals surface area contributed by atoms with Gasteiger partial charge in [0.15, 0.2) is 0 Å². The molecule has 1 heteroatoms. The SMILES string of the molecule is CC(C)CC(C)C(C)(Cl)CC(C)C. The van der Waals surface area contributed by atoms with Gasteiger partial charge in [0, 0.05) is 4.87 Å². The Morgan fingerprint density at radius 3 is 1.77 bits per heavy atom. The molecule has 0 aliphatic heterocycles. The molecule has 0 amide bonds. The third-order valence-corrected chi connectivity index (χ3v) is 3.19. The van der Waals surface area contributed by atoms with Gasteiger partial charge in [-0.2, -0.15) is 0 Å². The monoisotopic (exact) mass is 204 g/mol. The van der Waals surface area contributed by atoms with Crippen molar-refractivity contribution in [2.24, 2.45) is 17.8 Å². The van der Waals surface area contributed by atoms with Crippen LogP contribution >= 0.6 is 11.6 Å². The summed E-state index contributed by atoms with van der Waals surface area (Å²) < 4.78 is 0. The molecule has 0 N–H and O–H groups in total. The van der Waals surface area contributed by atoms with Crippen LogP contribution in [0.5, 0.6) is 0 Å². The minimum Gasteiger partial charge on any atom is -0.119 e. The zero-order valence-electron chi connectivity index (χ0n) is 10.0. The summed E-state index contributed by atoms with van der Waals surface area (Å²) in [5, 5.41) is 0. The van der Waals surface area contributed by atoms with Crippen LogP contribution in [-0.2, 0) is 0 Å². The lowest BCUT2D eigenvalue weighted by Crippen LogP contribution is -2.29. The van der Waals surface area contributed by atoms with E-state index in [0.29, 0.717) is 11.8 Å². The Bertz CT molecular complexity index is 136. The van der Waals surface area contributed by atoms with Crippen LogP contribution in [0.4, 0.5) is 0 Å². The summed E-state index contributed by atoms with van der Waals surface area (Å²) in [5.41, 5.74) is 0. The number of hydrogen-bond donors (Lipinski definition) is 0. The first kappa shape index (κ1) is 13.3. The van der Waals surface area contributed by atoms with E-state index in [2.05, 4.69) is 41.5 Å². The molecule has 0 aliphatic rings. The van der Waals surface area contributed by atoms with Gasteiger partial charge in [-0.25, -0.2) is 0 Å². The van der Waals surface area contributed by atoms with Crippen molar-refractivity contribution in [3.05, 3.63) is 0 Å². The van der Waals surface area contributed by atoms with Crippen molar-refractivity contribution in [1.82, 2.24) is 0 Å². The number of rotatable bonds is 5. The van der Waals surface area contributed by atoms with Gasteiger partial charge in [-0.1, -0.05) is 34.6 Å². The Morgan fingerprint density at radius 2 is 1.46 bits per heavy atom. The summed E-state index contributed by atoms with van der Waals surface area (Å²) in [6, 6.07) is 0. The molecule has 0 aromatic carbocycles. The molecular formula is C12H25Cl. The van der Waals surface area contributed by atoms with Crippen molar-refractivity contribution in [2.75, 3.05) is 0 Å². The predicted molar refractivity (Wildman–Crippen MR) is 62.3 cm³/mol. The Balaban J connectivity index is 4.10. The summed E-state index contributed by atoms with van der Waals surface area (Å²) in [7, 11) is 0. The molecule has 0 rings (SSSR count). The summed E-state index contributed by atoms with van der Waals surface area (Å²) in [6.07, 6.45) is 2.34. The fraction of sp³-hybridized carbons (Fsp3) is 1.00. The molecule has 0 spiro atoms. The maximum atomic E-state index is 6.53. The number of hydrogen-bond acceptors (Lipinski definition) is 0. The van der Waals surface area contributed by atoms with E-state index in [9.17, 15) is 0 Å². The fourth-order valence-electron chi connectivity index (χ4n) is 1.95. The van der Waals surface area contributed by atoms with E-state index in [-0.39, 0.29) is 4.87 Å². The molecule has 13 heavy (non-hydrogen) atoms. The third kappa shape index (κ3) is 5.57. The van der Waals surface area contributed by atoms with Crippen LogP contribution in [0.15, 0.2) is 0 Å². The van der Waals surface area contributed by atoms with Gasteiger partial charge in [-0.15, -0.1) is 11.6 Å². The minimum absolute atomic E-state index is 0.0154. The van der Waals surface area contributed by atoms with Crippen LogP contribution in [0.1, 0.15) is 54.4 Å². The molecule has 0 saturated heterocycles. The van der Waals surface area contributed by atoms with Gasteiger partial charge in [0.2, 0.25) is 0 Å². The maximum absolute atomic E-state index is 6.53. The highest BCUT2D eigenvalue weighted by Gasteiger charge is 2.29. The highest BCUT2D eigenvalue weighted by Crippen LogP contribution is 2.35. The van der Waals surface area contributed by atoms with Crippen LogP contribution in [0.3, 0.4) is 0 Å². The average molecular weight is 205 g/mol. The molecule has 0 nitrogen and oxygen atoms in total. The Labute approximate surface area is 89.1 Å². The highest BCUT2D eigenvalue weighted by molar-refractivity contribution is 6.23. The van der Waals surface area contributed by atoms with Crippen LogP contribution in [-0.4, -0.2) is 4.87 Å². The van der Waals surface area contributed by atoms with E-state index in [4.69, 9.17) is 11.6 Å². The largest absolute Gasteiger partial charge is 0.119 e. The third-order valence-electron chi connectivity index (χ3n) is 2.66. The molecule has 0 fully saturated rings. The van der Waals surface area contributed by atoms with Gasteiger partial charge in [-0.3, -0.25) is 0 Å². The van der Waals surface area contributed by atoms with Crippen molar-refractivity contribution in [2.45, 2.75) is 59.3 Å².